The Morgan fingerprint density at radius 2 is 1.50 bits per heavy atom. The quantitative estimate of drug-likeness (QED) is 0.737. The van der Waals surface area contributed by atoms with Crippen molar-refractivity contribution in [1.82, 2.24) is 0 Å². The Morgan fingerprint density at radius 1 is 0.955 bits per heavy atom. The molecule has 0 aliphatic rings. The first-order chi connectivity index (χ1) is 10.7. The highest BCUT2D eigenvalue weighted by atomic mass is 16.4. The Bertz CT molecular complexity index is 557. The summed E-state index contributed by atoms with van der Waals surface area (Å²) in [6.45, 7) is 3.53. The molecule has 0 saturated carbocycles. The zero-order valence-electron chi connectivity index (χ0n) is 12.7. The van der Waals surface area contributed by atoms with Crippen molar-refractivity contribution < 1.29 is 23.2 Å². The molecular weight excluding hydrogens is 284 g/mol. The summed E-state index contributed by atoms with van der Waals surface area (Å²) in [4.78, 5) is 10.4. The van der Waals surface area contributed by atoms with E-state index in [1.165, 1.54) is 19.5 Å². The van der Waals surface area contributed by atoms with Gasteiger partial charge in [-0.05, 0) is 36.4 Å². The third-order valence-corrected chi connectivity index (χ3v) is 2.53. The third-order valence-electron chi connectivity index (χ3n) is 2.53. The molecule has 0 fully saturated rings. The molecule has 3 heterocycles. The maximum atomic E-state index is 10.4. The van der Waals surface area contributed by atoms with E-state index in [0.29, 0.717) is 11.5 Å². The van der Waals surface area contributed by atoms with Crippen LogP contribution < -0.4 is 0 Å². The molecule has 5 heteroatoms. The van der Waals surface area contributed by atoms with Gasteiger partial charge in [-0.2, -0.15) is 0 Å². The van der Waals surface area contributed by atoms with Crippen LogP contribution in [0.5, 0.6) is 0 Å². The van der Waals surface area contributed by atoms with Gasteiger partial charge in [0.15, 0.2) is 11.5 Å². The predicted molar refractivity (Wildman–Crippen MR) is 81.4 cm³/mol. The van der Waals surface area contributed by atoms with Crippen molar-refractivity contribution in [3.05, 3.63) is 72.5 Å². The summed E-state index contributed by atoms with van der Waals surface area (Å²) in [7, 11) is 0. The minimum Gasteiger partial charge on any atom is -0.469 e. The first kappa shape index (κ1) is 17.5. The largest absolute Gasteiger partial charge is 0.469 e. The number of Topliss-reactive ketones (excluding diaryl/α,β-unsaturated/α-hetero) is 1. The molecular formula is C17H20O5. The first-order valence-corrected chi connectivity index (χ1v) is 6.87. The maximum absolute atomic E-state index is 10.4. The molecule has 0 aliphatic heterocycles. The summed E-state index contributed by atoms with van der Waals surface area (Å²) in [5, 5.41) is 8.33. The molecule has 3 rings (SSSR count). The molecule has 0 atom stereocenters. The molecule has 0 spiro atoms. The Balaban J connectivity index is 0.000000166. The zero-order chi connectivity index (χ0) is 16.2. The lowest BCUT2D eigenvalue weighted by Crippen LogP contribution is -1.85. The van der Waals surface area contributed by atoms with Gasteiger partial charge >= 0.3 is 0 Å². The number of ketones is 1. The number of aliphatic hydroxyl groups excluding tert-OH is 1. The Morgan fingerprint density at radius 3 is 1.73 bits per heavy atom. The molecule has 3 aromatic rings. The second-order valence-corrected chi connectivity index (χ2v) is 4.20. The lowest BCUT2D eigenvalue weighted by atomic mass is 10.3. The number of aryl methyl sites for hydroxylation is 1. The second kappa shape index (κ2) is 10.2. The summed E-state index contributed by atoms with van der Waals surface area (Å²) in [6, 6.07) is 10.7. The second-order valence-electron chi connectivity index (χ2n) is 4.20. The van der Waals surface area contributed by atoms with Crippen LogP contribution in [0.25, 0.3) is 0 Å². The van der Waals surface area contributed by atoms with Gasteiger partial charge in [0, 0.05) is 13.3 Å². The van der Waals surface area contributed by atoms with Crippen molar-refractivity contribution in [1.29, 1.82) is 0 Å². The van der Waals surface area contributed by atoms with E-state index >= 15 is 0 Å². The lowest BCUT2D eigenvalue weighted by Gasteiger charge is -1.80. The SMILES string of the molecule is CC(=O)c1ccco1.CCc1ccco1.OCc1ccco1. The number of rotatable bonds is 3. The zero-order valence-corrected chi connectivity index (χ0v) is 12.7. The van der Waals surface area contributed by atoms with Gasteiger partial charge in [-0.1, -0.05) is 6.92 Å². The molecule has 0 aliphatic carbocycles. The monoisotopic (exact) mass is 304 g/mol. The number of aliphatic hydroxyl groups is 1. The van der Waals surface area contributed by atoms with Crippen LogP contribution >= 0.6 is 0 Å². The van der Waals surface area contributed by atoms with Crippen LogP contribution in [0.15, 0.2) is 68.4 Å². The molecule has 3 aromatic heterocycles. The average molecular weight is 304 g/mol. The molecule has 0 bridgehead atoms. The molecule has 5 nitrogen and oxygen atoms in total. The van der Waals surface area contributed by atoms with E-state index in [9.17, 15) is 4.79 Å². The highest BCUT2D eigenvalue weighted by Crippen LogP contribution is 1.99. The number of hydrogen-bond donors (Lipinski definition) is 1. The fourth-order valence-corrected chi connectivity index (χ4v) is 1.40. The van der Waals surface area contributed by atoms with Crippen LogP contribution in [0.3, 0.4) is 0 Å². The highest BCUT2D eigenvalue weighted by molar-refractivity contribution is 5.91. The fraction of sp³-hybridized carbons (Fsp3) is 0.235. The summed E-state index contributed by atoms with van der Waals surface area (Å²) in [5.74, 6) is 2.06. The average Bonchev–Trinajstić information content (AvgIpc) is 3.31. The molecule has 0 unspecified atom stereocenters. The van der Waals surface area contributed by atoms with E-state index in [0.717, 1.165) is 12.2 Å². The predicted octanol–water partition coefficient (Wildman–Crippen LogP) is 4.10. The fourth-order valence-electron chi connectivity index (χ4n) is 1.40. The highest BCUT2D eigenvalue weighted by Gasteiger charge is 1.97. The van der Waals surface area contributed by atoms with Crippen LogP contribution in [0.1, 0.15) is 35.9 Å². The van der Waals surface area contributed by atoms with Crippen molar-refractivity contribution in [3.8, 4) is 0 Å². The molecule has 0 aromatic carbocycles. The normalized spacial score (nSPS) is 9.23. The molecule has 0 saturated heterocycles. The number of carbonyl (C=O) groups excluding carboxylic acids is 1. The van der Waals surface area contributed by atoms with E-state index in [2.05, 4.69) is 6.92 Å². The van der Waals surface area contributed by atoms with Gasteiger partial charge in [0.05, 0.1) is 18.8 Å². The van der Waals surface area contributed by atoms with E-state index in [1.807, 2.05) is 12.1 Å². The van der Waals surface area contributed by atoms with Gasteiger partial charge in [0.25, 0.3) is 0 Å². The van der Waals surface area contributed by atoms with Crippen LogP contribution in [0.2, 0.25) is 0 Å². The van der Waals surface area contributed by atoms with E-state index in [4.69, 9.17) is 18.4 Å². The van der Waals surface area contributed by atoms with Gasteiger partial charge in [0.2, 0.25) is 0 Å². The Hall–Kier alpha value is -2.53. The standard InChI is InChI=1S/C6H6O2.C6H8O.C5H6O2/c1-5(7)6-3-2-4-8-6;1-2-6-4-3-5-7-6;6-4-5-2-1-3-7-5/h2-4H,1H3;3-5H,2H2,1H3;1-3,6H,4H2. The van der Waals surface area contributed by atoms with Crippen molar-refractivity contribution in [2.75, 3.05) is 0 Å². The van der Waals surface area contributed by atoms with Gasteiger partial charge in [0.1, 0.15) is 18.1 Å². The summed E-state index contributed by atoms with van der Waals surface area (Å²) >= 11 is 0. The summed E-state index contributed by atoms with van der Waals surface area (Å²) < 4.78 is 14.5. The van der Waals surface area contributed by atoms with E-state index < -0.39 is 0 Å². The van der Waals surface area contributed by atoms with Crippen LogP contribution in [-0.4, -0.2) is 10.9 Å². The van der Waals surface area contributed by atoms with Gasteiger partial charge in [-0.3, -0.25) is 4.79 Å². The van der Waals surface area contributed by atoms with E-state index in [1.54, 1.807) is 30.5 Å². The summed E-state index contributed by atoms with van der Waals surface area (Å²) in [6.07, 6.45) is 5.70. The molecule has 22 heavy (non-hydrogen) atoms. The van der Waals surface area contributed by atoms with E-state index in [-0.39, 0.29) is 12.4 Å². The Labute approximate surface area is 129 Å². The first-order valence-electron chi connectivity index (χ1n) is 6.87. The van der Waals surface area contributed by atoms with Crippen molar-refractivity contribution >= 4 is 5.78 Å². The minimum atomic E-state index is -0.0324. The maximum Gasteiger partial charge on any atom is 0.194 e. The van der Waals surface area contributed by atoms with Gasteiger partial charge in [-0.15, -0.1) is 0 Å². The van der Waals surface area contributed by atoms with Gasteiger partial charge < -0.3 is 18.4 Å². The smallest absolute Gasteiger partial charge is 0.194 e. The molecule has 0 amide bonds. The van der Waals surface area contributed by atoms with Crippen LogP contribution in [-0.2, 0) is 13.0 Å². The summed E-state index contributed by atoms with van der Waals surface area (Å²) in [5.41, 5.74) is 0. The third kappa shape index (κ3) is 6.76. The Kier molecular flexibility index (Phi) is 8.15. The molecule has 118 valence electrons. The topological polar surface area (TPSA) is 76.7 Å². The van der Waals surface area contributed by atoms with Crippen molar-refractivity contribution in [2.45, 2.75) is 26.9 Å². The van der Waals surface area contributed by atoms with Gasteiger partial charge in [-0.25, -0.2) is 0 Å². The molecule has 0 radical (unpaired) electrons. The van der Waals surface area contributed by atoms with Crippen LogP contribution in [0.4, 0.5) is 0 Å². The number of hydrogen-bond acceptors (Lipinski definition) is 5. The minimum absolute atomic E-state index is 0.00694. The van der Waals surface area contributed by atoms with Crippen LogP contribution in [0, 0.1) is 0 Å². The number of furan rings is 3. The molecule has 1 N–H and O–H groups in total. The number of carbonyl (C=O) groups is 1. The van der Waals surface area contributed by atoms with Crippen molar-refractivity contribution in [2.24, 2.45) is 0 Å². The lowest BCUT2D eigenvalue weighted by molar-refractivity contribution is 0.0987. The van der Waals surface area contributed by atoms with Crippen molar-refractivity contribution in [3.63, 3.8) is 0 Å².